The van der Waals surface area contributed by atoms with Gasteiger partial charge in [-0.25, -0.2) is 0 Å². The number of carbonyl (C=O) groups is 1. The molecule has 1 rings (SSSR count). The van der Waals surface area contributed by atoms with Crippen LogP contribution in [0.2, 0.25) is 0 Å². The molecule has 1 heterocycles. The molecule has 1 amide bonds. The summed E-state index contributed by atoms with van der Waals surface area (Å²) in [5.41, 5.74) is 5.45. The highest BCUT2D eigenvalue weighted by molar-refractivity contribution is 5.80. The summed E-state index contributed by atoms with van der Waals surface area (Å²) in [6.45, 7) is 8.28. The molecule has 0 saturated carbocycles. The van der Waals surface area contributed by atoms with Gasteiger partial charge in [0, 0.05) is 6.54 Å². The highest BCUT2D eigenvalue weighted by atomic mass is 16.2. The topological polar surface area (TPSA) is 58.4 Å². The molecule has 0 radical (unpaired) electrons. The molecule has 0 aromatic heterocycles. The van der Waals surface area contributed by atoms with Crippen molar-refractivity contribution < 1.29 is 4.79 Å². The molecule has 1 aliphatic rings. The summed E-state index contributed by atoms with van der Waals surface area (Å²) in [5, 5.41) is 2.84. The minimum absolute atomic E-state index is 0.0488. The van der Waals surface area contributed by atoms with Crippen LogP contribution in [0.25, 0.3) is 0 Å². The minimum Gasteiger partial charge on any atom is -0.355 e. The maximum atomic E-state index is 11.2. The normalized spacial score (nSPS) is 20.7. The SMILES string of the molecule is CC1CCN(CCCNC(=O)[C@@H](C)N)CC1. The summed E-state index contributed by atoms with van der Waals surface area (Å²) >= 11 is 0. The molecule has 0 aromatic carbocycles. The number of likely N-dealkylation sites (tertiary alicyclic amines) is 1. The number of nitrogens with one attached hydrogen (secondary N) is 1. The average Bonchev–Trinajstić information content (AvgIpc) is 2.26. The summed E-state index contributed by atoms with van der Waals surface area (Å²) in [7, 11) is 0. The van der Waals surface area contributed by atoms with Crippen molar-refractivity contribution >= 4 is 5.91 Å². The molecule has 1 atom stereocenters. The molecule has 1 fully saturated rings. The quantitative estimate of drug-likeness (QED) is 0.675. The Hall–Kier alpha value is -0.610. The number of rotatable bonds is 5. The van der Waals surface area contributed by atoms with Gasteiger partial charge in [-0.2, -0.15) is 0 Å². The number of amides is 1. The summed E-state index contributed by atoms with van der Waals surface area (Å²) in [6.07, 6.45) is 3.64. The highest BCUT2D eigenvalue weighted by Crippen LogP contribution is 2.15. The lowest BCUT2D eigenvalue weighted by atomic mass is 9.99. The van der Waals surface area contributed by atoms with Gasteiger partial charge in [-0.15, -0.1) is 0 Å². The average molecular weight is 227 g/mol. The number of carbonyl (C=O) groups excluding carboxylic acids is 1. The van der Waals surface area contributed by atoms with Gasteiger partial charge in [0.1, 0.15) is 0 Å². The van der Waals surface area contributed by atoms with E-state index in [1.807, 2.05) is 0 Å². The van der Waals surface area contributed by atoms with E-state index < -0.39 is 6.04 Å². The van der Waals surface area contributed by atoms with Crippen molar-refractivity contribution in [3.05, 3.63) is 0 Å². The van der Waals surface area contributed by atoms with Crippen LogP contribution in [0, 0.1) is 5.92 Å². The summed E-state index contributed by atoms with van der Waals surface area (Å²) in [6, 6.07) is -0.393. The predicted molar refractivity (Wildman–Crippen MR) is 66.1 cm³/mol. The van der Waals surface area contributed by atoms with Crippen LogP contribution in [-0.2, 0) is 4.79 Å². The van der Waals surface area contributed by atoms with Crippen molar-refractivity contribution in [2.75, 3.05) is 26.2 Å². The van der Waals surface area contributed by atoms with Crippen LogP contribution >= 0.6 is 0 Å². The summed E-state index contributed by atoms with van der Waals surface area (Å²) in [5.74, 6) is 0.835. The Balaban J connectivity index is 2.01. The van der Waals surface area contributed by atoms with Crippen LogP contribution in [0.4, 0.5) is 0 Å². The molecular weight excluding hydrogens is 202 g/mol. The maximum absolute atomic E-state index is 11.2. The Morgan fingerprint density at radius 3 is 2.69 bits per heavy atom. The van der Waals surface area contributed by atoms with Crippen molar-refractivity contribution in [3.63, 3.8) is 0 Å². The van der Waals surface area contributed by atoms with Crippen LogP contribution in [-0.4, -0.2) is 43.0 Å². The third-order valence-electron chi connectivity index (χ3n) is 3.24. The monoisotopic (exact) mass is 227 g/mol. The van der Waals surface area contributed by atoms with Gasteiger partial charge in [0.15, 0.2) is 0 Å². The third-order valence-corrected chi connectivity index (χ3v) is 3.24. The van der Waals surface area contributed by atoms with Crippen LogP contribution < -0.4 is 11.1 Å². The van der Waals surface area contributed by atoms with E-state index in [4.69, 9.17) is 5.73 Å². The number of hydrogen-bond acceptors (Lipinski definition) is 3. The Labute approximate surface area is 98.6 Å². The van der Waals surface area contributed by atoms with Crippen LogP contribution in [0.3, 0.4) is 0 Å². The zero-order valence-electron chi connectivity index (χ0n) is 10.5. The number of nitrogens with zero attached hydrogens (tertiary/aromatic N) is 1. The van der Waals surface area contributed by atoms with Gasteiger partial charge >= 0.3 is 0 Å². The molecule has 4 heteroatoms. The largest absolute Gasteiger partial charge is 0.355 e. The molecule has 0 unspecified atom stereocenters. The van der Waals surface area contributed by atoms with Gasteiger partial charge in [0.05, 0.1) is 6.04 Å². The van der Waals surface area contributed by atoms with E-state index in [-0.39, 0.29) is 5.91 Å². The molecule has 0 spiro atoms. The highest BCUT2D eigenvalue weighted by Gasteiger charge is 2.14. The number of nitrogens with two attached hydrogens (primary N) is 1. The van der Waals surface area contributed by atoms with Gasteiger partial charge in [0.25, 0.3) is 0 Å². The van der Waals surface area contributed by atoms with Crippen molar-refractivity contribution in [2.45, 2.75) is 39.2 Å². The first-order valence-electron chi connectivity index (χ1n) is 6.35. The van der Waals surface area contributed by atoms with E-state index in [1.54, 1.807) is 6.92 Å². The molecule has 4 nitrogen and oxygen atoms in total. The Morgan fingerprint density at radius 2 is 2.12 bits per heavy atom. The van der Waals surface area contributed by atoms with Gasteiger partial charge in [-0.3, -0.25) is 4.79 Å². The molecule has 0 aliphatic carbocycles. The first-order chi connectivity index (χ1) is 7.59. The third kappa shape index (κ3) is 4.94. The molecule has 0 bridgehead atoms. The first-order valence-corrected chi connectivity index (χ1v) is 6.35. The molecule has 1 saturated heterocycles. The zero-order chi connectivity index (χ0) is 12.0. The summed E-state index contributed by atoms with van der Waals surface area (Å²) in [4.78, 5) is 13.7. The van der Waals surface area contributed by atoms with E-state index >= 15 is 0 Å². The standard InChI is InChI=1S/C12H25N3O/c1-10-4-8-15(9-5-10)7-3-6-14-12(16)11(2)13/h10-11H,3-9,13H2,1-2H3,(H,14,16)/t11-/m1/s1. The number of hydrogen-bond donors (Lipinski definition) is 2. The minimum atomic E-state index is -0.393. The van der Waals surface area contributed by atoms with Crippen molar-refractivity contribution in [1.82, 2.24) is 10.2 Å². The van der Waals surface area contributed by atoms with Crippen LogP contribution in [0.15, 0.2) is 0 Å². The maximum Gasteiger partial charge on any atom is 0.236 e. The molecule has 16 heavy (non-hydrogen) atoms. The van der Waals surface area contributed by atoms with Crippen molar-refractivity contribution in [3.8, 4) is 0 Å². The van der Waals surface area contributed by atoms with Crippen LogP contribution in [0.1, 0.15) is 33.1 Å². The predicted octanol–water partition coefficient (Wildman–Crippen LogP) is 0.572. The first kappa shape index (κ1) is 13.5. The van der Waals surface area contributed by atoms with E-state index in [0.29, 0.717) is 0 Å². The van der Waals surface area contributed by atoms with Crippen molar-refractivity contribution in [2.24, 2.45) is 11.7 Å². The van der Waals surface area contributed by atoms with Gasteiger partial charge in [-0.05, 0) is 51.7 Å². The Bertz CT molecular complexity index is 210. The summed E-state index contributed by atoms with van der Waals surface area (Å²) < 4.78 is 0. The van der Waals surface area contributed by atoms with Crippen LogP contribution in [0.5, 0.6) is 0 Å². The lowest BCUT2D eigenvalue weighted by molar-refractivity contribution is -0.121. The fraction of sp³-hybridized carbons (Fsp3) is 0.917. The molecule has 0 aromatic rings. The van der Waals surface area contributed by atoms with E-state index in [0.717, 1.165) is 25.4 Å². The van der Waals surface area contributed by atoms with Crippen molar-refractivity contribution in [1.29, 1.82) is 0 Å². The molecule has 1 aliphatic heterocycles. The fourth-order valence-electron chi connectivity index (χ4n) is 1.96. The Kier molecular flexibility index (Phi) is 5.77. The second-order valence-corrected chi connectivity index (χ2v) is 4.96. The van der Waals surface area contributed by atoms with Gasteiger partial charge < -0.3 is 16.0 Å². The molecule has 3 N–H and O–H groups in total. The molecular formula is C12H25N3O. The smallest absolute Gasteiger partial charge is 0.236 e. The molecule has 94 valence electrons. The van der Waals surface area contributed by atoms with E-state index in [2.05, 4.69) is 17.1 Å². The zero-order valence-corrected chi connectivity index (χ0v) is 10.5. The second kappa shape index (κ2) is 6.86. The van der Waals surface area contributed by atoms with Gasteiger partial charge in [-0.1, -0.05) is 6.92 Å². The number of piperidine rings is 1. The van der Waals surface area contributed by atoms with Gasteiger partial charge in [0.2, 0.25) is 5.91 Å². The van der Waals surface area contributed by atoms with E-state index in [1.165, 1.54) is 25.9 Å². The fourth-order valence-corrected chi connectivity index (χ4v) is 1.96. The second-order valence-electron chi connectivity index (χ2n) is 4.96. The Morgan fingerprint density at radius 1 is 1.50 bits per heavy atom. The lowest BCUT2D eigenvalue weighted by Crippen LogP contribution is -2.40. The lowest BCUT2D eigenvalue weighted by Gasteiger charge is -2.30. The van der Waals surface area contributed by atoms with E-state index in [9.17, 15) is 4.79 Å².